The van der Waals surface area contributed by atoms with E-state index in [0.29, 0.717) is 29.3 Å². The van der Waals surface area contributed by atoms with E-state index in [0.717, 1.165) is 36.1 Å². The molecule has 2 fully saturated rings. The fraction of sp³-hybridized carbons (Fsp3) is 0.333. The fourth-order valence-electron chi connectivity index (χ4n) is 4.37. The Morgan fingerprint density at radius 3 is 2.42 bits per heavy atom. The van der Waals surface area contributed by atoms with E-state index in [2.05, 4.69) is 4.85 Å². The lowest BCUT2D eigenvalue weighted by molar-refractivity contribution is -0.137. The number of hydrogen-bond donors (Lipinski definition) is 1. The molecule has 1 aliphatic carbocycles. The van der Waals surface area contributed by atoms with Gasteiger partial charge in [0.25, 0.3) is 5.91 Å². The normalized spacial score (nSPS) is 17.0. The molecule has 0 radical (unpaired) electrons. The van der Waals surface area contributed by atoms with Gasteiger partial charge in [-0.1, -0.05) is 18.2 Å². The molecule has 1 spiro atoms. The van der Waals surface area contributed by atoms with Crippen molar-refractivity contribution in [3.63, 3.8) is 0 Å². The first-order valence-corrected chi connectivity index (χ1v) is 10.8. The van der Waals surface area contributed by atoms with Crippen molar-refractivity contribution >= 4 is 46.3 Å². The third kappa shape index (κ3) is 3.57. The topological polar surface area (TPSA) is 65.2 Å². The van der Waals surface area contributed by atoms with E-state index in [1.807, 2.05) is 42.2 Å². The first kappa shape index (κ1) is 21.0. The Morgan fingerprint density at radius 1 is 1.19 bits per heavy atom. The van der Waals surface area contributed by atoms with Gasteiger partial charge in [0.15, 0.2) is 10.8 Å². The molecule has 1 heterocycles. The smallest absolute Gasteiger partial charge is 0.303 e. The van der Waals surface area contributed by atoms with Crippen molar-refractivity contribution in [3.8, 4) is 0 Å². The van der Waals surface area contributed by atoms with Gasteiger partial charge in [-0.05, 0) is 86.6 Å². The molecule has 1 amide bonds. The highest BCUT2D eigenvalue weighted by atomic mass is 32.1. The number of rotatable bonds is 6. The lowest BCUT2D eigenvalue weighted by Crippen LogP contribution is -2.55. The SMILES string of the molecule is [C-]#[N+]c1ccc(N2C(=O)C3(CCC3)N(c3ccc(CCCC(=O)O)cc3)C2=S)cc1C. The maximum atomic E-state index is 13.5. The Balaban J connectivity index is 1.63. The maximum absolute atomic E-state index is 13.5. The predicted molar refractivity (Wildman–Crippen MR) is 124 cm³/mol. The summed E-state index contributed by atoms with van der Waals surface area (Å²) in [7, 11) is 0. The van der Waals surface area contributed by atoms with E-state index in [1.165, 1.54) is 0 Å². The van der Waals surface area contributed by atoms with Gasteiger partial charge >= 0.3 is 5.97 Å². The molecule has 7 heteroatoms. The zero-order valence-electron chi connectivity index (χ0n) is 17.3. The van der Waals surface area contributed by atoms with Crippen LogP contribution in [0.1, 0.15) is 43.2 Å². The summed E-state index contributed by atoms with van der Waals surface area (Å²) < 4.78 is 0. The molecular weight excluding hydrogens is 410 g/mol. The van der Waals surface area contributed by atoms with Crippen molar-refractivity contribution in [2.45, 2.75) is 51.0 Å². The molecule has 4 rings (SSSR count). The molecule has 2 aliphatic rings. The van der Waals surface area contributed by atoms with Crippen LogP contribution in [0.5, 0.6) is 0 Å². The van der Waals surface area contributed by atoms with Gasteiger partial charge in [0.1, 0.15) is 5.54 Å². The van der Waals surface area contributed by atoms with Crippen molar-refractivity contribution < 1.29 is 14.7 Å². The Kier molecular flexibility index (Phi) is 5.50. The summed E-state index contributed by atoms with van der Waals surface area (Å²) in [6.45, 7) is 9.11. The van der Waals surface area contributed by atoms with Gasteiger partial charge in [-0.25, -0.2) is 4.85 Å². The highest BCUT2D eigenvalue weighted by Gasteiger charge is 2.59. The van der Waals surface area contributed by atoms with E-state index in [-0.39, 0.29) is 12.3 Å². The second-order valence-electron chi connectivity index (χ2n) is 8.14. The molecule has 1 N–H and O–H groups in total. The molecule has 0 aromatic heterocycles. The number of amides is 1. The summed E-state index contributed by atoms with van der Waals surface area (Å²) in [4.78, 5) is 31.3. The second kappa shape index (κ2) is 8.12. The summed E-state index contributed by atoms with van der Waals surface area (Å²) in [5.74, 6) is -0.798. The van der Waals surface area contributed by atoms with Crippen LogP contribution in [0.3, 0.4) is 0 Å². The number of carbonyl (C=O) groups is 2. The third-order valence-corrected chi connectivity index (χ3v) is 6.57. The van der Waals surface area contributed by atoms with Crippen LogP contribution < -0.4 is 9.80 Å². The van der Waals surface area contributed by atoms with Crippen LogP contribution in [-0.4, -0.2) is 27.6 Å². The van der Waals surface area contributed by atoms with Crippen LogP contribution in [0, 0.1) is 13.5 Å². The number of aliphatic carboxylic acids is 1. The first-order valence-electron chi connectivity index (χ1n) is 10.3. The summed E-state index contributed by atoms with van der Waals surface area (Å²) in [6.07, 6.45) is 3.91. The zero-order chi connectivity index (χ0) is 22.2. The molecule has 158 valence electrons. The van der Waals surface area contributed by atoms with Crippen LogP contribution in [0.2, 0.25) is 0 Å². The van der Waals surface area contributed by atoms with E-state index in [1.54, 1.807) is 17.0 Å². The number of anilines is 2. The van der Waals surface area contributed by atoms with Crippen LogP contribution in [0.25, 0.3) is 4.85 Å². The molecule has 0 unspecified atom stereocenters. The fourth-order valence-corrected chi connectivity index (χ4v) is 4.84. The number of carboxylic acid groups (broad SMARTS) is 1. The van der Waals surface area contributed by atoms with E-state index < -0.39 is 11.5 Å². The molecule has 0 atom stereocenters. The first-order chi connectivity index (χ1) is 14.9. The largest absolute Gasteiger partial charge is 0.481 e. The third-order valence-electron chi connectivity index (χ3n) is 6.20. The Labute approximate surface area is 186 Å². The number of hydrogen-bond acceptors (Lipinski definition) is 3. The number of benzene rings is 2. The van der Waals surface area contributed by atoms with Crippen LogP contribution in [0.4, 0.5) is 17.1 Å². The Hall–Kier alpha value is -3.24. The number of carbonyl (C=O) groups excluding carboxylic acids is 1. The molecule has 6 nitrogen and oxygen atoms in total. The molecule has 31 heavy (non-hydrogen) atoms. The van der Waals surface area contributed by atoms with Crippen LogP contribution in [-0.2, 0) is 16.0 Å². The summed E-state index contributed by atoms with van der Waals surface area (Å²) in [5, 5.41) is 9.27. The second-order valence-corrected chi connectivity index (χ2v) is 8.51. The van der Waals surface area contributed by atoms with Crippen LogP contribution >= 0.6 is 12.2 Å². The molecule has 0 bridgehead atoms. The maximum Gasteiger partial charge on any atom is 0.303 e. The van der Waals surface area contributed by atoms with Gasteiger partial charge in [0.05, 0.1) is 6.57 Å². The van der Waals surface area contributed by atoms with Crippen molar-refractivity contribution in [2.24, 2.45) is 0 Å². The number of carboxylic acids is 1. The number of thiocarbonyl (C=S) groups is 1. The van der Waals surface area contributed by atoms with E-state index in [9.17, 15) is 9.59 Å². The van der Waals surface area contributed by atoms with Gasteiger partial charge in [-0.2, -0.15) is 0 Å². The van der Waals surface area contributed by atoms with Gasteiger partial charge in [0, 0.05) is 17.8 Å². The van der Waals surface area contributed by atoms with Crippen LogP contribution in [0.15, 0.2) is 42.5 Å². The van der Waals surface area contributed by atoms with Crippen molar-refractivity contribution in [3.05, 3.63) is 65.0 Å². The quantitative estimate of drug-likeness (QED) is 0.512. The highest BCUT2D eigenvalue weighted by Crippen LogP contribution is 2.48. The average Bonchev–Trinajstić information content (AvgIpc) is 2.95. The summed E-state index contributed by atoms with van der Waals surface area (Å²) in [6, 6.07) is 13.3. The van der Waals surface area contributed by atoms with Crippen molar-refractivity contribution in [1.29, 1.82) is 0 Å². The summed E-state index contributed by atoms with van der Waals surface area (Å²) in [5.41, 5.74) is 3.36. The molecule has 1 saturated heterocycles. The lowest BCUT2D eigenvalue weighted by atomic mass is 9.75. The molecule has 1 saturated carbocycles. The molecule has 2 aromatic carbocycles. The Bertz CT molecular complexity index is 1100. The lowest BCUT2D eigenvalue weighted by Gasteiger charge is -2.43. The number of nitrogens with zero attached hydrogens (tertiary/aromatic N) is 3. The minimum atomic E-state index is -0.788. The predicted octanol–water partition coefficient (Wildman–Crippen LogP) is 5.01. The van der Waals surface area contributed by atoms with Gasteiger partial charge < -0.3 is 10.0 Å². The summed E-state index contributed by atoms with van der Waals surface area (Å²) >= 11 is 5.79. The van der Waals surface area contributed by atoms with Gasteiger partial charge in [-0.15, -0.1) is 0 Å². The minimum Gasteiger partial charge on any atom is -0.481 e. The Morgan fingerprint density at radius 2 is 1.87 bits per heavy atom. The number of aryl methyl sites for hydroxylation is 2. The highest BCUT2D eigenvalue weighted by molar-refractivity contribution is 7.81. The van der Waals surface area contributed by atoms with E-state index >= 15 is 0 Å². The standard InChI is InChI=1S/C24H23N3O3S/c1-16-15-19(11-12-20(16)25-2)26-22(30)24(13-4-14-24)27(23(26)31)18-9-7-17(8-10-18)5-3-6-21(28)29/h7-12,15H,3-6,13-14H2,1H3,(H,28,29). The monoisotopic (exact) mass is 433 g/mol. The zero-order valence-corrected chi connectivity index (χ0v) is 18.1. The van der Waals surface area contributed by atoms with Crippen molar-refractivity contribution in [2.75, 3.05) is 9.80 Å². The minimum absolute atomic E-state index is 0.00996. The van der Waals surface area contributed by atoms with E-state index in [4.69, 9.17) is 23.9 Å². The molecule has 2 aromatic rings. The average molecular weight is 434 g/mol. The van der Waals surface area contributed by atoms with Gasteiger partial charge in [0.2, 0.25) is 0 Å². The molecule has 1 aliphatic heterocycles. The van der Waals surface area contributed by atoms with Crippen molar-refractivity contribution in [1.82, 2.24) is 0 Å². The molecular formula is C24H23N3O3S. The van der Waals surface area contributed by atoms with Gasteiger partial charge in [-0.3, -0.25) is 14.5 Å².